The van der Waals surface area contributed by atoms with Crippen molar-refractivity contribution in [3.8, 4) is 0 Å². The van der Waals surface area contributed by atoms with Crippen LogP contribution < -0.4 is 5.32 Å². The Kier molecular flexibility index (Phi) is 7.33. The van der Waals surface area contributed by atoms with E-state index in [2.05, 4.69) is 10.6 Å². The summed E-state index contributed by atoms with van der Waals surface area (Å²) >= 11 is 0. The number of nitrogens with zero attached hydrogens (tertiary/aromatic N) is 1. The van der Waals surface area contributed by atoms with Gasteiger partial charge >= 0.3 is 0 Å². The summed E-state index contributed by atoms with van der Waals surface area (Å²) in [5.41, 5.74) is 6.73. The van der Waals surface area contributed by atoms with Crippen molar-refractivity contribution in [2.75, 3.05) is 13.1 Å². The van der Waals surface area contributed by atoms with Crippen LogP contribution in [0.3, 0.4) is 0 Å². The van der Waals surface area contributed by atoms with E-state index in [0.29, 0.717) is 6.04 Å². The van der Waals surface area contributed by atoms with Crippen molar-refractivity contribution in [2.24, 2.45) is 0 Å². The standard InChI is InChI=1S/C7H13N3.Y/c8-3-6-10-7-1-4-9-5-2-7;/h3,6-9H,1-2,4-5H2;/q-2;/b6-3-;. The first kappa shape index (κ1) is 11.4. The Morgan fingerprint density at radius 1 is 1.36 bits per heavy atom. The van der Waals surface area contributed by atoms with Crippen molar-refractivity contribution in [2.45, 2.75) is 18.9 Å². The van der Waals surface area contributed by atoms with Crippen molar-refractivity contribution in [3.63, 3.8) is 0 Å². The van der Waals surface area contributed by atoms with E-state index >= 15 is 0 Å². The van der Waals surface area contributed by atoms with Crippen LogP contribution in [0.1, 0.15) is 12.8 Å². The molecule has 4 heteroatoms. The third kappa shape index (κ3) is 4.78. The smallest absolute Gasteiger partial charge is 0 e. The van der Waals surface area contributed by atoms with Gasteiger partial charge in [0.25, 0.3) is 0 Å². The van der Waals surface area contributed by atoms with Gasteiger partial charge in [0.1, 0.15) is 0 Å². The minimum absolute atomic E-state index is 0. The molecule has 1 rings (SSSR count). The molecule has 0 aromatic rings. The van der Waals surface area contributed by atoms with Gasteiger partial charge in [0.05, 0.1) is 0 Å². The van der Waals surface area contributed by atoms with E-state index in [1.54, 1.807) is 6.20 Å². The summed E-state index contributed by atoms with van der Waals surface area (Å²) in [6.07, 6.45) is 5.05. The topological polar surface area (TPSA) is 49.9 Å². The van der Waals surface area contributed by atoms with Crippen LogP contribution in [0.15, 0.2) is 12.4 Å². The number of hydrogen-bond donors (Lipinski definition) is 1. The molecule has 11 heavy (non-hydrogen) atoms. The van der Waals surface area contributed by atoms with Crippen LogP contribution in [-0.2, 0) is 32.7 Å². The second kappa shape index (κ2) is 7.07. The molecular weight excluding hydrogens is 215 g/mol. The van der Waals surface area contributed by atoms with Crippen LogP contribution in [0.5, 0.6) is 0 Å². The van der Waals surface area contributed by atoms with E-state index in [9.17, 15) is 0 Å². The summed E-state index contributed by atoms with van der Waals surface area (Å²) in [7, 11) is 0. The van der Waals surface area contributed by atoms with Gasteiger partial charge in [-0.05, 0) is 13.1 Å². The first-order chi connectivity index (χ1) is 4.93. The normalized spacial score (nSPS) is 19.6. The molecule has 1 aliphatic rings. The Bertz CT molecular complexity index is 110. The third-order valence-electron chi connectivity index (χ3n) is 1.68. The van der Waals surface area contributed by atoms with Crippen molar-refractivity contribution >= 4 is 0 Å². The molecule has 0 amide bonds. The number of hydrogen-bond acceptors (Lipinski definition) is 1. The minimum Gasteiger partial charge on any atom is -0.706 e. The van der Waals surface area contributed by atoms with Gasteiger partial charge in [-0.3, -0.25) is 0 Å². The number of rotatable bonds is 2. The van der Waals surface area contributed by atoms with Crippen LogP contribution in [-0.4, -0.2) is 19.1 Å². The molecule has 1 heterocycles. The number of nitrogens with one attached hydrogen (secondary N) is 2. The van der Waals surface area contributed by atoms with Gasteiger partial charge in [-0.15, -0.1) is 6.04 Å². The predicted octanol–water partition coefficient (Wildman–Crippen LogP) is 1.63. The summed E-state index contributed by atoms with van der Waals surface area (Å²) in [4.78, 5) is 0. The number of piperidine rings is 1. The van der Waals surface area contributed by atoms with Crippen molar-refractivity contribution < 1.29 is 32.7 Å². The fourth-order valence-corrected chi connectivity index (χ4v) is 1.12. The van der Waals surface area contributed by atoms with Crippen LogP contribution in [0.25, 0.3) is 11.1 Å². The molecule has 2 N–H and O–H groups in total. The Labute approximate surface area is 93.1 Å². The summed E-state index contributed by atoms with van der Waals surface area (Å²) in [6.45, 7) is 2.14. The predicted molar refractivity (Wildman–Crippen MR) is 42.7 cm³/mol. The molecule has 0 bridgehead atoms. The summed E-state index contributed by atoms with van der Waals surface area (Å²) in [5.74, 6) is 0. The maximum absolute atomic E-state index is 6.73. The Balaban J connectivity index is 0.000001000. The SMILES string of the molecule is [NH-]/C=C\[N-]C1CCNCC1.[Y]. The summed E-state index contributed by atoms with van der Waals surface area (Å²) < 4.78 is 0. The molecule has 1 radical (unpaired) electrons. The molecule has 1 fully saturated rings. The molecule has 0 spiro atoms. The molecule has 0 atom stereocenters. The van der Waals surface area contributed by atoms with Crippen molar-refractivity contribution in [1.82, 2.24) is 5.32 Å². The average molecular weight is 228 g/mol. The second-order valence-electron chi connectivity index (χ2n) is 2.45. The maximum Gasteiger partial charge on any atom is 0 e. The van der Waals surface area contributed by atoms with Gasteiger partial charge in [0.15, 0.2) is 0 Å². The molecule has 1 aliphatic heterocycles. The molecule has 0 aromatic heterocycles. The molecular formula is C7H13N3Y-2. The zero-order chi connectivity index (χ0) is 7.23. The van der Waals surface area contributed by atoms with E-state index in [4.69, 9.17) is 5.73 Å². The first-order valence-electron chi connectivity index (χ1n) is 3.66. The second-order valence-corrected chi connectivity index (χ2v) is 2.45. The fraction of sp³-hybridized carbons (Fsp3) is 0.714. The molecule has 0 aromatic carbocycles. The van der Waals surface area contributed by atoms with Gasteiger partial charge in [0.2, 0.25) is 0 Å². The van der Waals surface area contributed by atoms with Crippen LogP contribution in [0, 0.1) is 0 Å². The average Bonchev–Trinajstić information content (AvgIpc) is 2.03. The largest absolute Gasteiger partial charge is 0.706 e. The van der Waals surface area contributed by atoms with E-state index in [-0.39, 0.29) is 32.7 Å². The minimum atomic E-state index is 0. The Hall–Kier alpha value is 0.404. The zero-order valence-electron chi connectivity index (χ0n) is 6.59. The van der Waals surface area contributed by atoms with E-state index in [1.807, 2.05) is 0 Å². The van der Waals surface area contributed by atoms with Crippen LogP contribution in [0.4, 0.5) is 0 Å². The molecule has 3 nitrogen and oxygen atoms in total. The molecule has 1 saturated heterocycles. The van der Waals surface area contributed by atoms with Gasteiger partial charge in [0, 0.05) is 32.7 Å². The summed E-state index contributed by atoms with van der Waals surface area (Å²) in [5, 5.41) is 7.45. The Morgan fingerprint density at radius 2 is 2.00 bits per heavy atom. The van der Waals surface area contributed by atoms with Crippen LogP contribution >= 0.6 is 0 Å². The van der Waals surface area contributed by atoms with Gasteiger partial charge in [-0.1, -0.05) is 12.8 Å². The zero-order valence-corrected chi connectivity index (χ0v) is 9.42. The quantitative estimate of drug-likeness (QED) is 0.767. The maximum atomic E-state index is 6.73. The van der Waals surface area contributed by atoms with Gasteiger partial charge in [-0.25, -0.2) is 12.4 Å². The van der Waals surface area contributed by atoms with Gasteiger partial charge in [-0.2, -0.15) is 0 Å². The van der Waals surface area contributed by atoms with Crippen LogP contribution in [0.2, 0.25) is 0 Å². The van der Waals surface area contributed by atoms with E-state index in [0.717, 1.165) is 25.9 Å². The molecule has 61 valence electrons. The molecule has 0 aliphatic carbocycles. The monoisotopic (exact) mass is 228 g/mol. The molecule has 0 saturated carbocycles. The van der Waals surface area contributed by atoms with Gasteiger partial charge < -0.3 is 16.4 Å². The Morgan fingerprint density at radius 3 is 2.55 bits per heavy atom. The molecule has 0 unspecified atom stereocenters. The third-order valence-corrected chi connectivity index (χ3v) is 1.68. The van der Waals surface area contributed by atoms with Crippen molar-refractivity contribution in [1.29, 1.82) is 0 Å². The van der Waals surface area contributed by atoms with E-state index in [1.165, 1.54) is 6.20 Å². The fourth-order valence-electron chi connectivity index (χ4n) is 1.12. The first-order valence-corrected chi connectivity index (χ1v) is 3.66. The summed E-state index contributed by atoms with van der Waals surface area (Å²) in [6, 6.07) is 0.461. The van der Waals surface area contributed by atoms with E-state index < -0.39 is 0 Å². The van der Waals surface area contributed by atoms with Crippen molar-refractivity contribution in [3.05, 3.63) is 23.5 Å².